The molecular formula is C38H44N4O6S. The summed E-state index contributed by atoms with van der Waals surface area (Å²) in [4.78, 5) is 30.1. The van der Waals surface area contributed by atoms with Crippen molar-refractivity contribution in [3.63, 3.8) is 0 Å². The summed E-state index contributed by atoms with van der Waals surface area (Å²) in [5, 5.41) is 1.02. The molecule has 1 saturated heterocycles. The van der Waals surface area contributed by atoms with Crippen LogP contribution in [0.4, 0.5) is 0 Å². The minimum Gasteiger partial charge on any atom is -0.497 e. The number of hydrogen-bond acceptors (Lipinski definition) is 7. The van der Waals surface area contributed by atoms with E-state index in [4.69, 9.17) is 9.47 Å². The number of hydrogen-bond donors (Lipinski definition) is 1. The van der Waals surface area contributed by atoms with Crippen LogP contribution in [-0.4, -0.2) is 75.5 Å². The standard InChI is InChI=1S/C38H44N4O6S/c1-40(2)49(45,46)39-36(43)27-15-17-30-33(19-27)42-24-38(37(44)48-4)23-41(21-25-11-7-5-8-12-25)22-32(38)31-20-28(47-3)16-18-29(31)35(42)34(30)26-13-9-6-10-14-26/h5,7-8,11-12,15-20,26,32H,6,9-10,13-14,21-24H2,1-4H3,(H,39,43)/t32-,38-/m1/s1. The van der Waals surface area contributed by atoms with Gasteiger partial charge < -0.3 is 14.0 Å². The number of carbonyl (C=O) groups excluding carboxylic acids is 2. The second-order valence-electron chi connectivity index (χ2n) is 13.9. The Bertz CT molecular complexity index is 2020. The molecule has 3 aromatic carbocycles. The molecule has 1 aromatic heterocycles. The normalized spacial score (nSPS) is 21.1. The highest BCUT2D eigenvalue weighted by Crippen LogP contribution is 2.55. The minimum absolute atomic E-state index is 0.195. The van der Waals surface area contributed by atoms with Crippen molar-refractivity contribution in [3.05, 3.63) is 89.0 Å². The van der Waals surface area contributed by atoms with Crippen molar-refractivity contribution < 1.29 is 27.5 Å². The molecule has 1 amide bonds. The largest absolute Gasteiger partial charge is 0.497 e. The van der Waals surface area contributed by atoms with Crippen molar-refractivity contribution in [2.45, 2.75) is 57.0 Å². The van der Waals surface area contributed by atoms with Crippen LogP contribution >= 0.6 is 0 Å². The highest BCUT2D eigenvalue weighted by molar-refractivity contribution is 7.87. The first-order chi connectivity index (χ1) is 23.6. The van der Waals surface area contributed by atoms with Crippen LogP contribution in [-0.2, 0) is 32.8 Å². The smallest absolute Gasteiger partial charge is 0.315 e. The number of fused-ring (bicyclic) bond motifs is 7. The summed E-state index contributed by atoms with van der Waals surface area (Å²) < 4.78 is 42.0. The van der Waals surface area contributed by atoms with E-state index in [1.54, 1.807) is 19.2 Å². The van der Waals surface area contributed by atoms with Gasteiger partial charge in [-0.1, -0.05) is 55.7 Å². The Morgan fingerprint density at radius 2 is 1.71 bits per heavy atom. The van der Waals surface area contributed by atoms with Gasteiger partial charge in [-0.2, -0.15) is 12.7 Å². The van der Waals surface area contributed by atoms with E-state index in [-0.39, 0.29) is 17.5 Å². The first-order valence-corrected chi connectivity index (χ1v) is 18.4. The van der Waals surface area contributed by atoms with E-state index < -0.39 is 21.5 Å². The molecule has 2 fully saturated rings. The highest BCUT2D eigenvalue weighted by atomic mass is 32.2. The van der Waals surface area contributed by atoms with Gasteiger partial charge in [0.05, 0.1) is 19.9 Å². The number of aromatic nitrogens is 1. The van der Waals surface area contributed by atoms with E-state index in [0.717, 1.165) is 63.5 Å². The number of ether oxygens (including phenoxy) is 2. The van der Waals surface area contributed by atoms with E-state index >= 15 is 0 Å². The predicted molar refractivity (Wildman–Crippen MR) is 189 cm³/mol. The van der Waals surface area contributed by atoms with Crippen molar-refractivity contribution in [3.8, 4) is 17.0 Å². The zero-order chi connectivity index (χ0) is 34.5. The van der Waals surface area contributed by atoms with E-state index in [0.29, 0.717) is 32.1 Å². The topological polar surface area (TPSA) is 110 Å². The molecule has 7 rings (SSSR count). The van der Waals surface area contributed by atoms with Gasteiger partial charge in [-0.15, -0.1) is 0 Å². The summed E-state index contributed by atoms with van der Waals surface area (Å²) in [6, 6.07) is 21.9. The molecule has 11 heteroatoms. The van der Waals surface area contributed by atoms with Crippen molar-refractivity contribution in [2.75, 3.05) is 41.4 Å². The van der Waals surface area contributed by atoms with Crippen LogP contribution in [0.5, 0.6) is 5.75 Å². The van der Waals surface area contributed by atoms with Crippen LogP contribution in [0, 0.1) is 5.41 Å². The molecule has 3 heterocycles. The number of esters is 1. The number of nitrogens with one attached hydrogen (secondary N) is 1. The maximum atomic E-state index is 14.3. The van der Waals surface area contributed by atoms with E-state index in [1.807, 2.05) is 30.3 Å². The van der Waals surface area contributed by atoms with Gasteiger partial charge in [0, 0.05) is 68.2 Å². The van der Waals surface area contributed by atoms with Gasteiger partial charge in [-0.05, 0) is 65.8 Å². The van der Waals surface area contributed by atoms with Gasteiger partial charge in [-0.3, -0.25) is 14.5 Å². The summed E-state index contributed by atoms with van der Waals surface area (Å²) in [5.41, 5.74) is 5.65. The Kier molecular flexibility index (Phi) is 8.79. The van der Waals surface area contributed by atoms with Gasteiger partial charge in [0.25, 0.3) is 5.91 Å². The fraction of sp³-hybridized carbons (Fsp3) is 0.421. The number of likely N-dealkylation sites (tertiary alicyclic amines) is 1. The fourth-order valence-electron chi connectivity index (χ4n) is 8.50. The molecule has 3 aliphatic rings. The predicted octanol–water partition coefficient (Wildman–Crippen LogP) is 5.67. The number of rotatable bonds is 8. The van der Waals surface area contributed by atoms with Gasteiger partial charge >= 0.3 is 16.2 Å². The zero-order valence-corrected chi connectivity index (χ0v) is 29.4. The zero-order valence-electron chi connectivity index (χ0n) is 28.6. The lowest BCUT2D eigenvalue weighted by atomic mass is 9.73. The molecule has 2 aliphatic heterocycles. The highest BCUT2D eigenvalue weighted by Gasteiger charge is 2.56. The fourth-order valence-corrected chi connectivity index (χ4v) is 9.03. The summed E-state index contributed by atoms with van der Waals surface area (Å²) >= 11 is 0. The van der Waals surface area contributed by atoms with Crippen molar-refractivity contribution in [1.82, 2.24) is 18.5 Å². The van der Waals surface area contributed by atoms with Crippen LogP contribution in [0.25, 0.3) is 22.2 Å². The Morgan fingerprint density at radius 1 is 0.959 bits per heavy atom. The van der Waals surface area contributed by atoms with Crippen molar-refractivity contribution in [2.24, 2.45) is 5.41 Å². The molecule has 258 valence electrons. The number of benzene rings is 3. The molecule has 0 radical (unpaired) electrons. The Balaban J connectivity index is 1.47. The third kappa shape index (κ3) is 5.81. The summed E-state index contributed by atoms with van der Waals surface area (Å²) in [6.45, 7) is 2.16. The molecule has 1 saturated carbocycles. The molecule has 0 bridgehead atoms. The molecule has 0 unspecified atom stereocenters. The van der Waals surface area contributed by atoms with E-state index in [1.165, 1.54) is 38.8 Å². The van der Waals surface area contributed by atoms with Crippen molar-refractivity contribution in [1.29, 1.82) is 0 Å². The molecule has 0 spiro atoms. The van der Waals surface area contributed by atoms with Crippen LogP contribution in [0.1, 0.15) is 71.0 Å². The second kappa shape index (κ2) is 12.9. The van der Waals surface area contributed by atoms with Crippen LogP contribution in [0.3, 0.4) is 0 Å². The van der Waals surface area contributed by atoms with Gasteiger partial charge in [-0.25, -0.2) is 4.72 Å². The first-order valence-electron chi connectivity index (χ1n) is 17.0. The molecule has 4 aromatic rings. The SMILES string of the molecule is COC(=O)[C@@]12CN(Cc3ccccc3)C[C@@H]1c1cc(OC)ccc1-c1c(C3CCCCC3)c3ccc(C(=O)NS(=O)(=O)N(C)C)cc3n1C2. The number of amides is 1. The van der Waals surface area contributed by atoms with Crippen LogP contribution in [0.2, 0.25) is 0 Å². The van der Waals surface area contributed by atoms with E-state index in [9.17, 15) is 18.0 Å². The van der Waals surface area contributed by atoms with Crippen LogP contribution < -0.4 is 9.46 Å². The lowest BCUT2D eigenvalue weighted by molar-refractivity contribution is -0.153. The van der Waals surface area contributed by atoms with E-state index in [2.05, 4.69) is 38.5 Å². The third-order valence-electron chi connectivity index (χ3n) is 10.9. The van der Waals surface area contributed by atoms with Crippen molar-refractivity contribution >= 4 is 33.0 Å². The number of methoxy groups -OCH3 is 2. The molecule has 1 N–H and O–H groups in total. The Hall–Kier alpha value is -4.19. The van der Waals surface area contributed by atoms with Crippen LogP contribution in [0.15, 0.2) is 66.7 Å². The summed E-state index contributed by atoms with van der Waals surface area (Å²) in [5.74, 6) is -0.150. The summed E-state index contributed by atoms with van der Waals surface area (Å²) in [6.07, 6.45) is 5.58. The number of carbonyl (C=O) groups is 2. The molecule has 49 heavy (non-hydrogen) atoms. The minimum atomic E-state index is -4.00. The molecule has 10 nitrogen and oxygen atoms in total. The third-order valence-corrected chi connectivity index (χ3v) is 12.3. The van der Waals surface area contributed by atoms with Gasteiger partial charge in [0.1, 0.15) is 11.2 Å². The molecular weight excluding hydrogens is 641 g/mol. The lowest BCUT2D eigenvalue weighted by Gasteiger charge is -2.31. The molecule has 2 atom stereocenters. The lowest BCUT2D eigenvalue weighted by Crippen LogP contribution is -2.42. The Morgan fingerprint density at radius 3 is 2.41 bits per heavy atom. The monoisotopic (exact) mass is 684 g/mol. The molecule has 1 aliphatic carbocycles. The summed E-state index contributed by atoms with van der Waals surface area (Å²) in [7, 11) is 1.87. The average Bonchev–Trinajstić information content (AvgIpc) is 3.60. The van der Waals surface area contributed by atoms with Gasteiger partial charge in [0.15, 0.2) is 0 Å². The Labute approximate surface area is 288 Å². The maximum Gasteiger partial charge on any atom is 0.315 e. The van der Waals surface area contributed by atoms with Gasteiger partial charge in [0.2, 0.25) is 0 Å². The second-order valence-corrected chi connectivity index (χ2v) is 15.8. The maximum absolute atomic E-state index is 14.3. The first kappa shape index (κ1) is 33.3. The quantitative estimate of drug-likeness (QED) is 0.238. The average molecular weight is 685 g/mol. The number of nitrogens with zero attached hydrogens (tertiary/aromatic N) is 3.